The SMILES string of the molecule is COC(=O)CC1(CSC(CCc2ccccc2C(C)(C)O)c2cccc(/C=C/c3ccc4sc(Cl)c(F)c4n3)c2)CC1. The van der Waals surface area contributed by atoms with Crippen molar-refractivity contribution in [3.63, 3.8) is 0 Å². The molecule has 5 rings (SSSR count). The third-order valence-electron chi connectivity index (χ3n) is 7.84. The number of aryl methyl sites for hydroxylation is 1. The van der Waals surface area contributed by atoms with E-state index < -0.39 is 11.4 Å². The van der Waals surface area contributed by atoms with Gasteiger partial charge in [0.25, 0.3) is 0 Å². The van der Waals surface area contributed by atoms with Crippen molar-refractivity contribution >= 4 is 63.0 Å². The summed E-state index contributed by atoms with van der Waals surface area (Å²) >= 11 is 9.04. The Morgan fingerprint density at radius 3 is 2.71 bits per heavy atom. The van der Waals surface area contributed by atoms with Crippen LogP contribution in [0.25, 0.3) is 22.4 Å². The van der Waals surface area contributed by atoms with Crippen molar-refractivity contribution in [2.75, 3.05) is 12.9 Å². The zero-order valence-electron chi connectivity index (χ0n) is 24.0. The Kier molecular flexibility index (Phi) is 9.43. The van der Waals surface area contributed by atoms with E-state index in [1.165, 1.54) is 24.0 Å². The molecule has 1 N–H and O–H groups in total. The van der Waals surface area contributed by atoms with Crippen LogP contribution in [-0.4, -0.2) is 28.9 Å². The average Bonchev–Trinajstić information content (AvgIpc) is 3.68. The molecule has 0 radical (unpaired) electrons. The second kappa shape index (κ2) is 12.9. The first-order valence-electron chi connectivity index (χ1n) is 14.1. The minimum atomic E-state index is -0.920. The molecular weight excluding hydrogens is 589 g/mol. The quantitative estimate of drug-likeness (QED) is 0.159. The maximum atomic E-state index is 14.3. The van der Waals surface area contributed by atoms with Gasteiger partial charge in [-0.15, -0.1) is 11.3 Å². The average molecular weight is 624 g/mol. The van der Waals surface area contributed by atoms with Gasteiger partial charge in [-0.2, -0.15) is 11.8 Å². The van der Waals surface area contributed by atoms with Crippen molar-refractivity contribution in [1.82, 2.24) is 4.98 Å². The Hall–Kier alpha value is -2.71. The van der Waals surface area contributed by atoms with E-state index in [-0.39, 0.29) is 21.0 Å². The number of esters is 1. The number of ether oxygens (including phenoxy) is 1. The molecule has 220 valence electrons. The van der Waals surface area contributed by atoms with Gasteiger partial charge in [-0.05, 0) is 85.4 Å². The monoisotopic (exact) mass is 623 g/mol. The molecule has 42 heavy (non-hydrogen) atoms. The van der Waals surface area contributed by atoms with Gasteiger partial charge in [0.1, 0.15) is 9.85 Å². The Labute approximate surface area is 260 Å². The predicted octanol–water partition coefficient (Wildman–Crippen LogP) is 9.24. The highest BCUT2D eigenvalue weighted by Gasteiger charge is 2.45. The molecular formula is C34H35ClFNO3S2. The fourth-order valence-electron chi connectivity index (χ4n) is 5.25. The maximum Gasteiger partial charge on any atom is 0.306 e. The van der Waals surface area contributed by atoms with Gasteiger partial charge in [0.2, 0.25) is 0 Å². The fraction of sp³-hybridized carbons (Fsp3) is 0.353. The van der Waals surface area contributed by atoms with Crippen molar-refractivity contribution in [2.24, 2.45) is 5.41 Å². The van der Waals surface area contributed by atoms with E-state index in [1.807, 2.05) is 74.2 Å². The number of thioether (sulfide) groups is 1. The van der Waals surface area contributed by atoms with Crippen LogP contribution in [0.1, 0.15) is 72.7 Å². The van der Waals surface area contributed by atoms with Crippen LogP contribution in [0.5, 0.6) is 0 Å². The number of aliphatic hydroxyl groups is 1. The van der Waals surface area contributed by atoms with E-state index in [0.717, 1.165) is 52.8 Å². The van der Waals surface area contributed by atoms with E-state index in [4.69, 9.17) is 16.3 Å². The van der Waals surface area contributed by atoms with Gasteiger partial charge in [-0.3, -0.25) is 4.79 Å². The summed E-state index contributed by atoms with van der Waals surface area (Å²) in [7, 11) is 1.45. The van der Waals surface area contributed by atoms with Crippen molar-refractivity contribution in [3.8, 4) is 0 Å². The number of hydrogen-bond donors (Lipinski definition) is 1. The lowest BCUT2D eigenvalue weighted by atomic mass is 9.90. The molecule has 1 aliphatic carbocycles. The first-order valence-corrected chi connectivity index (χ1v) is 16.3. The largest absolute Gasteiger partial charge is 0.469 e. The van der Waals surface area contributed by atoms with Crippen LogP contribution in [0, 0.1) is 11.2 Å². The number of rotatable bonds is 12. The molecule has 1 unspecified atom stereocenters. The number of benzene rings is 2. The molecule has 2 aromatic carbocycles. The number of fused-ring (bicyclic) bond motifs is 1. The number of carbonyl (C=O) groups is 1. The molecule has 4 nitrogen and oxygen atoms in total. The maximum absolute atomic E-state index is 14.3. The number of aromatic nitrogens is 1. The second-order valence-electron chi connectivity index (χ2n) is 11.6. The highest BCUT2D eigenvalue weighted by molar-refractivity contribution is 7.99. The highest BCUT2D eigenvalue weighted by Crippen LogP contribution is 2.53. The molecule has 4 aromatic rings. The van der Waals surface area contributed by atoms with E-state index in [1.54, 1.807) is 0 Å². The van der Waals surface area contributed by atoms with Crippen LogP contribution in [0.4, 0.5) is 4.39 Å². The minimum Gasteiger partial charge on any atom is -0.469 e. The summed E-state index contributed by atoms with van der Waals surface area (Å²) in [5.41, 5.74) is 4.37. The minimum absolute atomic E-state index is 0.0165. The van der Waals surface area contributed by atoms with Gasteiger partial charge in [0.05, 0.1) is 29.5 Å². The number of methoxy groups -OCH3 is 1. The van der Waals surface area contributed by atoms with Crippen LogP contribution in [0.2, 0.25) is 4.34 Å². The summed E-state index contributed by atoms with van der Waals surface area (Å²) in [6.07, 6.45) is 8.13. The molecule has 0 spiro atoms. The lowest BCUT2D eigenvalue weighted by Crippen LogP contribution is -2.18. The summed E-state index contributed by atoms with van der Waals surface area (Å²) in [6.45, 7) is 3.65. The third kappa shape index (κ3) is 7.43. The zero-order chi connectivity index (χ0) is 29.9. The molecule has 0 saturated heterocycles. The lowest BCUT2D eigenvalue weighted by molar-refractivity contribution is -0.141. The van der Waals surface area contributed by atoms with Gasteiger partial charge in [-0.1, -0.05) is 66.2 Å². The van der Waals surface area contributed by atoms with E-state index in [0.29, 0.717) is 17.6 Å². The highest BCUT2D eigenvalue weighted by atomic mass is 35.5. The van der Waals surface area contributed by atoms with Crippen molar-refractivity contribution < 1.29 is 19.0 Å². The van der Waals surface area contributed by atoms with Crippen molar-refractivity contribution in [2.45, 2.75) is 56.8 Å². The summed E-state index contributed by atoms with van der Waals surface area (Å²) < 4.78 is 20.1. The number of nitrogens with zero attached hydrogens (tertiary/aromatic N) is 1. The van der Waals surface area contributed by atoms with Crippen LogP contribution < -0.4 is 0 Å². The molecule has 1 atom stereocenters. The van der Waals surface area contributed by atoms with Crippen LogP contribution >= 0.6 is 34.7 Å². The molecule has 1 saturated carbocycles. The van der Waals surface area contributed by atoms with E-state index >= 15 is 0 Å². The van der Waals surface area contributed by atoms with Crippen LogP contribution in [-0.2, 0) is 21.6 Å². The molecule has 8 heteroatoms. The van der Waals surface area contributed by atoms with E-state index in [2.05, 4.69) is 29.2 Å². The molecule has 1 aliphatic rings. The molecule has 0 amide bonds. The van der Waals surface area contributed by atoms with Crippen molar-refractivity contribution in [3.05, 3.63) is 98.8 Å². The van der Waals surface area contributed by atoms with Gasteiger partial charge in [0.15, 0.2) is 5.82 Å². The predicted molar refractivity (Wildman–Crippen MR) is 173 cm³/mol. The zero-order valence-corrected chi connectivity index (χ0v) is 26.4. The first-order chi connectivity index (χ1) is 20.1. The van der Waals surface area contributed by atoms with Gasteiger partial charge < -0.3 is 9.84 Å². The summed E-state index contributed by atoms with van der Waals surface area (Å²) in [6, 6.07) is 20.3. The normalized spacial score (nSPS) is 15.3. The van der Waals surface area contributed by atoms with Crippen LogP contribution in [0.15, 0.2) is 60.7 Å². The number of pyridine rings is 1. The van der Waals surface area contributed by atoms with Crippen molar-refractivity contribution in [1.29, 1.82) is 0 Å². The topological polar surface area (TPSA) is 59.4 Å². The van der Waals surface area contributed by atoms with Gasteiger partial charge in [-0.25, -0.2) is 9.37 Å². The lowest BCUT2D eigenvalue weighted by Gasteiger charge is -2.24. The van der Waals surface area contributed by atoms with Gasteiger partial charge in [0, 0.05) is 11.0 Å². The number of thiophene rings is 1. The van der Waals surface area contributed by atoms with Gasteiger partial charge >= 0.3 is 5.97 Å². The number of carbonyl (C=O) groups excluding carboxylic acids is 1. The molecule has 0 bridgehead atoms. The third-order valence-corrected chi connectivity index (χ3v) is 10.8. The number of halogens is 2. The molecule has 2 aromatic heterocycles. The second-order valence-corrected chi connectivity index (χ2v) is 14.4. The van der Waals surface area contributed by atoms with E-state index in [9.17, 15) is 14.3 Å². The molecule has 0 aliphatic heterocycles. The Morgan fingerprint density at radius 2 is 1.98 bits per heavy atom. The first kappa shape index (κ1) is 30.7. The smallest absolute Gasteiger partial charge is 0.306 e. The molecule has 1 fully saturated rings. The number of hydrogen-bond acceptors (Lipinski definition) is 6. The fourth-order valence-corrected chi connectivity index (χ4v) is 7.90. The molecule has 2 heterocycles. The Balaban J connectivity index is 1.37. The standard InChI is InChI=1S/C34H35ClFNO3S2/c1-33(2,39)26-10-5-4-8-23(26)12-15-27(41-21-34(17-18-34)20-29(38)40-3)24-9-6-7-22(19-24)11-13-25-14-16-28-31(37-25)30(36)32(35)42-28/h4-11,13-14,16,19,27,39H,12,15,17-18,20-21H2,1-3H3/b13-11+. The summed E-state index contributed by atoms with van der Waals surface area (Å²) in [5.74, 6) is 0.270. The Bertz CT molecular complexity index is 1610. The van der Waals surface area contributed by atoms with Crippen LogP contribution in [0.3, 0.4) is 0 Å². The summed E-state index contributed by atoms with van der Waals surface area (Å²) in [5, 5.41) is 10.9. The Morgan fingerprint density at radius 1 is 1.19 bits per heavy atom. The summed E-state index contributed by atoms with van der Waals surface area (Å²) in [4.78, 5) is 16.5.